The third kappa shape index (κ3) is 4.40. The molecule has 0 aliphatic heterocycles. The normalized spacial score (nSPS) is 11.1. The summed E-state index contributed by atoms with van der Waals surface area (Å²) in [6, 6.07) is 4.01. The average molecular weight is 296 g/mol. The van der Waals surface area contributed by atoms with Gasteiger partial charge in [0.1, 0.15) is 5.69 Å². The summed E-state index contributed by atoms with van der Waals surface area (Å²) >= 11 is 0. The van der Waals surface area contributed by atoms with E-state index in [4.69, 9.17) is 5.84 Å². The number of hydrazine groups is 1. The predicted octanol–water partition coefficient (Wildman–Crippen LogP) is 1.11. The van der Waals surface area contributed by atoms with Crippen LogP contribution < -0.4 is 11.3 Å². The second-order valence-corrected chi connectivity index (χ2v) is 5.27. The molecule has 8 heteroatoms. The van der Waals surface area contributed by atoms with Crippen molar-refractivity contribution in [1.29, 1.82) is 0 Å². The van der Waals surface area contributed by atoms with Crippen LogP contribution in [0, 0.1) is 10.1 Å². The van der Waals surface area contributed by atoms with Gasteiger partial charge in [-0.15, -0.1) is 0 Å². The molecular formula is C13H20N4O4. The molecule has 0 fully saturated rings. The fraction of sp³-hybridized carbons (Fsp3) is 0.462. The third-order valence-corrected chi connectivity index (χ3v) is 2.84. The number of likely N-dealkylation sites (N-methyl/N-ethyl adjacent to an activating group) is 1. The van der Waals surface area contributed by atoms with Gasteiger partial charge in [-0.2, -0.15) is 0 Å². The van der Waals surface area contributed by atoms with Crippen LogP contribution in [0.5, 0.6) is 0 Å². The maximum atomic E-state index is 12.4. The Morgan fingerprint density at radius 2 is 2.14 bits per heavy atom. The minimum atomic E-state index is -1.05. The number of nitro groups is 1. The zero-order valence-electron chi connectivity index (χ0n) is 12.3. The summed E-state index contributed by atoms with van der Waals surface area (Å²) in [5, 5.41) is 20.8. The zero-order chi connectivity index (χ0) is 16.2. The molecule has 4 N–H and O–H groups in total. The van der Waals surface area contributed by atoms with Crippen LogP contribution in [0.15, 0.2) is 18.2 Å². The lowest BCUT2D eigenvalue weighted by Gasteiger charge is -2.28. The fourth-order valence-electron chi connectivity index (χ4n) is 1.91. The van der Waals surface area contributed by atoms with Crippen molar-refractivity contribution < 1.29 is 14.8 Å². The van der Waals surface area contributed by atoms with E-state index < -0.39 is 10.5 Å². The van der Waals surface area contributed by atoms with Crippen LogP contribution in [0.1, 0.15) is 31.1 Å². The fourth-order valence-corrected chi connectivity index (χ4v) is 1.91. The van der Waals surface area contributed by atoms with Crippen molar-refractivity contribution in [3.05, 3.63) is 33.9 Å². The molecule has 0 aliphatic rings. The van der Waals surface area contributed by atoms with E-state index in [9.17, 15) is 20.0 Å². The molecule has 8 nitrogen and oxygen atoms in total. The van der Waals surface area contributed by atoms with Crippen LogP contribution in [-0.2, 0) is 0 Å². The Morgan fingerprint density at radius 3 is 2.57 bits per heavy atom. The minimum absolute atomic E-state index is 0.127. The van der Waals surface area contributed by atoms with Gasteiger partial charge in [0.05, 0.1) is 10.5 Å². The number of nitrogens with two attached hydrogens (primary N) is 1. The second-order valence-electron chi connectivity index (χ2n) is 5.27. The topological polar surface area (TPSA) is 122 Å². The van der Waals surface area contributed by atoms with Crippen LogP contribution in [0.2, 0.25) is 0 Å². The highest BCUT2D eigenvalue weighted by Crippen LogP contribution is 2.25. The van der Waals surface area contributed by atoms with E-state index in [0.29, 0.717) is 6.54 Å². The summed E-state index contributed by atoms with van der Waals surface area (Å²) in [5.74, 6) is 4.82. The van der Waals surface area contributed by atoms with Crippen molar-refractivity contribution in [3.8, 4) is 0 Å². The minimum Gasteiger partial charge on any atom is -0.389 e. The van der Waals surface area contributed by atoms with Gasteiger partial charge in [0, 0.05) is 24.7 Å². The first-order valence-corrected chi connectivity index (χ1v) is 6.46. The molecule has 0 heterocycles. The first kappa shape index (κ1) is 16.9. The van der Waals surface area contributed by atoms with Crippen molar-refractivity contribution in [2.75, 3.05) is 18.5 Å². The zero-order valence-corrected chi connectivity index (χ0v) is 12.3. The Hall–Kier alpha value is -2.19. The Morgan fingerprint density at radius 1 is 1.52 bits per heavy atom. The molecule has 116 valence electrons. The predicted molar refractivity (Wildman–Crippen MR) is 78.8 cm³/mol. The molecule has 1 aromatic carbocycles. The molecule has 0 atom stereocenters. The van der Waals surface area contributed by atoms with Crippen LogP contribution >= 0.6 is 0 Å². The smallest absolute Gasteiger partial charge is 0.294 e. The van der Waals surface area contributed by atoms with Gasteiger partial charge in [-0.1, -0.05) is 0 Å². The van der Waals surface area contributed by atoms with Gasteiger partial charge in [-0.3, -0.25) is 20.8 Å². The Labute approximate surface area is 122 Å². The summed E-state index contributed by atoms with van der Waals surface area (Å²) in [7, 11) is 0. The second kappa shape index (κ2) is 6.51. The van der Waals surface area contributed by atoms with E-state index in [-0.39, 0.29) is 29.4 Å². The maximum Gasteiger partial charge on any atom is 0.294 e. The molecular weight excluding hydrogens is 276 g/mol. The highest BCUT2D eigenvalue weighted by atomic mass is 16.6. The van der Waals surface area contributed by atoms with Crippen molar-refractivity contribution in [3.63, 3.8) is 0 Å². The molecule has 0 bridgehead atoms. The van der Waals surface area contributed by atoms with E-state index in [1.165, 1.54) is 23.1 Å². The molecule has 0 radical (unpaired) electrons. The highest BCUT2D eigenvalue weighted by Gasteiger charge is 2.24. The average Bonchev–Trinajstić information content (AvgIpc) is 2.42. The van der Waals surface area contributed by atoms with Crippen LogP contribution in [-0.4, -0.2) is 39.5 Å². The number of aliphatic hydroxyl groups is 1. The summed E-state index contributed by atoms with van der Waals surface area (Å²) in [4.78, 5) is 24.1. The number of carbonyl (C=O) groups excluding carboxylic acids is 1. The van der Waals surface area contributed by atoms with Crippen molar-refractivity contribution >= 4 is 17.3 Å². The lowest BCUT2D eigenvalue weighted by atomic mass is 10.1. The third-order valence-electron chi connectivity index (χ3n) is 2.84. The number of carbonyl (C=O) groups is 1. The molecule has 21 heavy (non-hydrogen) atoms. The first-order chi connectivity index (χ1) is 9.69. The lowest BCUT2D eigenvalue weighted by molar-refractivity contribution is -0.384. The Balaban J connectivity index is 3.11. The molecule has 0 saturated carbocycles. The van der Waals surface area contributed by atoms with Gasteiger partial charge in [-0.05, 0) is 32.9 Å². The van der Waals surface area contributed by atoms with Crippen LogP contribution in [0.25, 0.3) is 0 Å². The Bertz CT molecular complexity index is 539. The largest absolute Gasteiger partial charge is 0.389 e. The number of benzene rings is 1. The van der Waals surface area contributed by atoms with Gasteiger partial charge < -0.3 is 15.4 Å². The first-order valence-electron chi connectivity index (χ1n) is 6.46. The van der Waals surface area contributed by atoms with Crippen molar-refractivity contribution in [1.82, 2.24) is 4.90 Å². The van der Waals surface area contributed by atoms with Gasteiger partial charge >= 0.3 is 0 Å². The number of amides is 1. The number of anilines is 1. The lowest BCUT2D eigenvalue weighted by Crippen LogP contribution is -2.42. The van der Waals surface area contributed by atoms with E-state index >= 15 is 0 Å². The Kier molecular flexibility index (Phi) is 5.23. The number of rotatable bonds is 6. The molecule has 0 aromatic heterocycles. The van der Waals surface area contributed by atoms with Crippen molar-refractivity contribution in [2.45, 2.75) is 26.4 Å². The number of nitro benzene ring substituents is 1. The van der Waals surface area contributed by atoms with Gasteiger partial charge in [-0.25, -0.2) is 0 Å². The molecule has 0 saturated heterocycles. The summed E-state index contributed by atoms with van der Waals surface area (Å²) in [6.07, 6.45) is 0. The van der Waals surface area contributed by atoms with E-state index in [2.05, 4.69) is 5.43 Å². The van der Waals surface area contributed by atoms with Crippen LogP contribution in [0.3, 0.4) is 0 Å². The maximum absolute atomic E-state index is 12.4. The monoisotopic (exact) mass is 296 g/mol. The quantitative estimate of drug-likeness (QED) is 0.411. The van der Waals surface area contributed by atoms with Crippen molar-refractivity contribution in [2.24, 2.45) is 5.84 Å². The number of hydrogen-bond donors (Lipinski definition) is 3. The van der Waals surface area contributed by atoms with Gasteiger partial charge in [0.25, 0.3) is 11.6 Å². The highest BCUT2D eigenvalue weighted by molar-refractivity contribution is 5.95. The molecule has 0 unspecified atom stereocenters. The van der Waals surface area contributed by atoms with Crippen LogP contribution in [0.4, 0.5) is 11.4 Å². The van der Waals surface area contributed by atoms with E-state index in [0.717, 1.165) is 0 Å². The number of nitrogens with one attached hydrogen (secondary N) is 1. The summed E-state index contributed by atoms with van der Waals surface area (Å²) in [5.41, 5.74) is 1.20. The molecule has 1 rings (SSSR count). The van der Waals surface area contributed by atoms with Gasteiger partial charge in [0.15, 0.2) is 0 Å². The molecule has 1 aromatic rings. The molecule has 1 amide bonds. The van der Waals surface area contributed by atoms with Gasteiger partial charge in [0.2, 0.25) is 0 Å². The van der Waals surface area contributed by atoms with E-state index in [1.54, 1.807) is 20.8 Å². The summed E-state index contributed by atoms with van der Waals surface area (Å²) < 4.78 is 0. The number of nitrogen functional groups attached to an aromatic ring is 1. The number of hydrogen-bond acceptors (Lipinski definition) is 6. The standard InChI is InChI=1S/C13H20N4O4/c1-4-16(8-13(2,3)19)12(18)9-5-6-10(15-14)11(7-9)17(20)21/h5-7,15,19H,4,8,14H2,1-3H3. The summed E-state index contributed by atoms with van der Waals surface area (Å²) in [6.45, 7) is 5.47. The SMILES string of the molecule is CCN(CC(C)(C)O)C(=O)c1ccc(NN)c([N+](=O)[O-])c1. The van der Waals surface area contributed by atoms with E-state index in [1.807, 2.05) is 0 Å². The molecule has 0 spiro atoms. The molecule has 0 aliphatic carbocycles. The number of nitrogens with zero attached hydrogens (tertiary/aromatic N) is 2.